The van der Waals surface area contributed by atoms with Crippen molar-refractivity contribution in [3.05, 3.63) is 35.6 Å². The van der Waals surface area contributed by atoms with E-state index in [1.54, 1.807) is 13.8 Å². The number of aliphatic hydroxyl groups is 4. The van der Waals surface area contributed by atoms with Crippen LogP contribution >= 0.6 is 0 Å². The molecule has 7 nitrogen and oxygen atoms in total. The molecule has 0 aromatic heterocycles. The van der Waals surface area contributed by atoms with E-state index in [-0.39, 0.29) is 29.7 Å². The van der Waals surface area contributed by atoms with Gasteiger partial charge in [0, 0.05) is 23.7 Å². The van der Waals surface area contributed by atoms with Crippen molar-refractivity contribution in [1.82, 2.24) is 0 Å². The molecular formula is C30H42O7. The fourth-order valence-corrected chi connectivity index (χ4v) is 8.58. The largest absolute Gasteiger partial charge is 0.505 e. The zero-order valence-electron chi connectivity index (χ0n) is 23.3. The lowest BCUT2D eigenvalue weighted by molar-refractivity contribution is -0.179. The van der Waals surface area contributed by atoms with Crippen LogP contribution in [0.4, 0.5) is 0 Å². The van der Waals surface area contributed by atoms with Gasteiger partial charge in [0.05, 0.1) is 17.1 Å². The minimum absolute atomic E-state index is 0.0453. The highest BCUT2D eigenvalue weighted by Crippen LogP contribution is 2.73. The van der Waals surface area contributed by atoms with Gasteiger partial charge in [0.25, 0.3) is 0 Å². The third kappa shape index (κ3) is 3.60. The molecule has 0 bridgehead atoms. The summed E-state index contributed by atoms with van der Waals surface area (Å²) in [6, 6.07) is 0. The van der Waals surface area contributed by atoms with Gasteiger partial charge in [-0.15, -0.1) is 0 Å². The van der Waals surface area contributed by atoms with Gasteiger partial charge >= 0.3 is 0 Å². The highest BCUT2D eigenvalue weighted by molar-refractivity contribution is 6.02. The molecule has 4 N–H and O–H groups in total. The Labute approximate surface area is 219 Å². The van der Waals surface area contributed by atoms with Gasteiger partial charge in [-0.25, -0.2) is 0 Å². The molecule has 8 atom stereocenters. The normalized spacial score (nSPS) is 42.9. The van der Waals surface area contributed by atoms with E-state index in [1.165, 1.54) is 32.9 Å². The summed E-state index contributed by atoms with van der Waals surface area (Å²) in [6.45, 7) is 13.8. The number of hydrogen-bond donors (Lipinski definition) is 4. The predicted molar refractivity (Wildman–Crippen MR) is 138 cm³/mol. The van der Waals surface area contributed by atoms with E-state index >= 15 is 0 Å². The van der Waals surface area contributed by atoms with Crippen LogP contribution in [0.3, 0.4) is 0 Å². The number of fused-ring (bicyclic) bond motifs is 5. The number of rotatable bonds is 4. The molecule has 0 aromatic carbocycles. The summed E-state index contributed by atoms with van der Waals surface area (Å²) in [5, 5.41) is 43.6. The fraction of sp³-hybridized carbons (Fsp3) is 0.700. The van der Waals surface area contributed by atoms with Crippen LogP contribution in [0.25, 0.3) is 0 Å². The Bertz CT molecular complexity index is 1150. The maximum absolute atomic E-state index is 14.2. The minimum Gasteiger partial charge on any atom is -0.505 e. The molecule has 7 heteroatoms. The van der Waals surface area contributed by atoms with E-state index in [9.17, 15) is 34.8 Å². The van der Waals surface area contributed by atoms with E-state index < -0.39 is 56.6 Å². The Balaban J connectivity index is 1.82. The van der Waals surface area contributed by atoms with Crippen LogP contribution in [0.15, 0.2) is 35.6 Å². The molecule has 0 heterocycles. The van der Waals surface area contributed by atoms with Crippen molar-refractivity contribution in [2.24, 2.45) is 39.4 Å². The van der Waals surface area contributed by atoms with Gasteiger partial charge in [0.2, 0.25) is 5.78 Å². The van der Waals surface area contributed by atoms with Gasteiger partial charge in [-0.3, -0.25) is 14.4 Å². The van der Waals surface area contributed by atoms with Crippen molar-refractivity contribution in [2.45, 2.75) is 92.0 Å². The van der Waals surface area contributed by atoms with Gasteiger partial charge in [0.15, 0.2) is 11.5 Å². The average Bonchev–Trinajstić information content (AvgIpc) is 2.96. The lowest BCUT2D eigenvalue weighted by Crippen LogP contribution is -2.64. The average molecular weight is 515 g/mol. The van der Waals surface area contributed by atoms with Crippen molar-refractivity contribution >= 4 is 17.3 Å². The first-order valence-electron chi connectivity index (χ1n) is 13.2. The number of Topliss-reactive ketones (excluding diaryl/α,β-unsaturated/α-hetero) is 2. The second-order valence-electron chi connectivity index (χ2n) is 13.9. The van der Waals surface area contributed by atoms with Crippen molar-refractivity contribution in [3.8, 4) is 0 Å². The monoisotopic (exact) mass is 514 g/mol. The maximum atomic E-state index is 14.2. The Morgan fingerprint density at radius 3 is 2.22 bits per heavy atom. The zero-order chi connectivity index (χ0) is 28.1. The summed E-state index contributed by atoms with van der Waals surface area (Å²) in [4.78, 5) is 40.1. The lowest BCUT2D eigenvalue weighted by atomic mass is 9.39. The molecular weight excluding hydrogens is 472 g/mol. The molecule has 0 radical (unpaired) electrons. The molecule has 0 aliphatic heterocycles. The third-order valence-corrected chi connectivity index (χ3v) is 10.8. The molecule has 2 fully saturated rings. The molecule has 0 spiro atoms. The standard InChI is InChI=1S/C30H42O7/c1-25(2,36)12-11-21(33)30(8,37)23-19(32)14-27(5)20-10-9-16-17(13-18(31)24(35)26(16,3)4)29(20,7)22(34)15-28(23,27)6/h9,11-13,17,19-20,23,31-32,36-37H,10,14-15H2,1-8H3/b12-11+/t17?,19-,20+,23+,27+,28-,29+,30+/m0/s1. The Morgan fingerprint density at radius 2 is 1.65 bits per heavy atom. The second-order valence-corrected chi connectivity index (χ2v) is 13.9. The summed E-state index contributed by atoms with van der Waals surface area (Å²) < 4.78 is 0. The summed E-state index contributed by atoms with van der Waals surface area (Å²) in [7, 11) is 0. The molecule has 4 aliphatic rings. The van der Waals surface area contributed by atoms with Crippen molar-refractivity contribution < 1.29 is 34.8 Å². The quantitative estimate of drug-likeness (QED) is 0.333. The van der Waals surface area contributed by atoms with Gasteiger partial charge in [-0.1, -0.05) is 38.5 Å². The topological polar surface area (TPSA) is 132 Å². The van der Waals surface area contributed by atoms with Gasteiger partial charge in [-0.2, -0.15) is 0 Å². The summed E-state index contributed by atoms with van der Waals surface area (Å²) >= 11 is 0. The van der Waals surface area contributed by atoms with Gasteiger partial charge in [-0.05, 0) is 76.4 Å². The van der Waals surface area contributed by atoms with E-state index in [2.05, 4.69) is 0 Å². The van der Waals surface area contributed by atoms with Crippen molar-refractivity contribution in [2.75, 3.05) is 0 Å². The van der Waals surface area contributed by atoms with E-state index in [1.807, 2.05) is 26.8 Å². The first-order chi connectivity index (χ1) is 16.7. The molecule has 204 valence electrons. The molecule has 4 aliphatic carbocycles. The number of allylic oxidation sites excluding steroid dienone is 4. The van der Waals surface area contributed by atoms with Crippen LogP contribution in [0, 0.1) is 39.4 Å². The van der Waals surface area contributed by atoms with Gasteiger partial charge in [0.1, 0.15) is 11.4 Å². The van der Waals surface area contributed by atoms with E-state index in [0.29, 0.717) is 12.8 Å². The minimum atomic E-state index is -1.96. The summed E-state index contributed by atoms with van der Waals surface area (Å²) in [6.07, 6.45) is 5.85. The van der Waals surface area contributed by atoms with Crippen LogP contribution < -0.4 is 0 Å². The molecule has 0 aromatic rings. The second kappa shape index (κ2) is 7.96. The van der Waals surface area contributed by atoms with Crippen molar-refractivity contribution in [1.29, 1.82) is 0 Å². The van der Waals surface area contributed by atoms with Crippen LogP contribution in [0.5, 0.6) is 0 Å². The van der Waals surface area contributed by atoms with Crippen LogP contribution in [-0.4, -0.2) is 55.1 Å². The van der Waals surface area contributed by atoms with E-state index in [0.717, 1.165) is 11.6 Å². The molecule has 1 unspecified atom stereocenters. The molecule has 4 rings (SSSR count). The molecule has 37 heavy (non-hydrogen) atoms. The zero-order valence-corrected chi connectivity index (χ0v) is 23.3. The number of hydrogen-bond acceptors (Lipinski definition) is 7. The van der Waals surface area contributed by atoms with Crippen LogP contribution in [0.2, 0.25) is 0 Å². The smallest absolute Gasteiger partial charge is 0.206 e. The number of ketones is 3. The lowest BCUT2D eigenvalue weighted by Gasteiger charge is -2.63. The number of carbonyl (C=O) groups excluding carboxylic acids is 3. The Hall–Kier alpha value is -2.09. The van der Waals surface area contributed by atoms with Crippen LogP contribution in [-0.2, 0) is 14.4 Å². The molecule has 0 amide bonds. The highest BCUT2D eigenvalue weighted by Gasteiger charge is 2.74. The fourth-order valence-electron chi connectivity index (χ4n) is 8.58. The first-order valence-corrected chi connectivity index (χ1v) is 13.2. The molecule has 0 saturated heterocycles. The van der Waals surface area contributed by atoms with Crippen LogP contribution in [0.1, 0.15) is 74.7 Å². The highest BCUT2D eigenvalue weighted by atomic mass is 16.3. The maximum Gasteiger partial charge on any atom is 0.206 e. The number of carbonyl (C=O) groups is 3. The Kier molecular flexibility index (Phi) is 6.01. The first kappa shape index (κ1) is 27.9. The summed E-state index contributed by atoms with van der Waals surface area (Å²) in [5.74, 6) is -2.98. The predicted octanol–water partition coefficient (Wildman–Crippen LogP) is 3.62. The van der Waals surface area contributed by atoms with E-state index in [4.69, 9.17) is 0 Å². The van der Waals surface area contributed by atoms with Gasteiger partial charge < -0.3 is 20.4 Å². The molecule has 2 saturated carbocycles. The number of aliphatic hydroxyl groups excluding tert-OH is 2. The third-order valence-electron chi connectivity index (χ3n) is 10.8. The van der Waals surface area contributed by atoms with Crippen molar-refractivity contribution in [3.63, 3.8) is 0 Å². The SMILES string of the molecule is CC(C)(O)/C=C/C(=O)[C@@](C)(O)[C@@H]1[C@@H](O)C[C@]2(C)[C@H]3CC=C4C(C=C(O)C(=O)C4(C)C)[C@@]3(C)C(=O)C[C@@]12C. The Morgan fingerprint density at radius 1 is 1.05 bits per heavy atom. The summed E-state index contributed by atoms with van der Waals surface area (Å²) in [5.41, 5.74) is -5.75.